The number of methoxy groups -OCH3 is 1. The third kappa shape index (κ3) is 3.72. The Labute approximate surface area is 128 Å². The number of para-hydroxylation sites is 1. The van der Waals surface area contributed by atoms with Crippen molar-refractivity contribution in [2.45, 2.75) is 18.9 Å². The van der Waals surface area contributed by atoms with E-state index in [2.05, 4.69) is 10.1 Å². The quantitative estimate of drug-likeness (QED) is 0.651. The van der Waals surface area contributed by atoms with Crippen molar-refractivity contribution in [2.24, 2.45) is 0 Å². The Balaban J connectivity index is 1.98. The highest BCUT2D eigenvalue weighted by atomic mass is 16.5. The molecule has 0 aliphatic carbocycles. The molecule has 22 heavy (non-hydrogen) atoms. The number of benzene rings is 1. The zero-order valence-electron chi connectivity index (χ0n) is 12.3. The molecule has 1 unspecified atom stereocenters. The number of ether oxygens (including phenoxy) is 1. The second kappa shape index (κ2) is 7.40. The number of esters is 1. The van der Waals surface area contributed by atoms with Gasteiger partial charge in [0.25, 0.3) is 0 Å². The van der Waals surface area contributed by atoms with E-state index in [1.807, 2.05) is 18.2 Å². The van der Waals surface area contributed by atoms with Gasteiger partial charge in [-0.05, 0) is 18.6 Å². The lowest BCUT2D eigenvalue weighted by molar-refractivity contribution is -0.134. The summed E-state index contributed by atoms with van der Waals surface area (Å²) in [6.07, 6.45) is 3.59. The standard InChI is InChI=1S/C16H18N2O4/c1-22-15(20)8-5-11-17-16(21)13-9-10-14(19)18(13)12-6-3-2-4-7-12/h2-8,13H,9-11H2,1H3,(H,17,21)/b8-5+. The summed E-state index contributed by atoms with van der Waals surface area (Å²) in [5.41, 5.74) is 0.718. The molecule has 0 radical (unpaired) electrons. The van der Waals surface area contributed by atoms with Gasteiger partial charge in [0.2, 0.25) is 11.8 Å². The van der Waals surface area contributed by atoms with Crippen molar-refractivity contribution in [3.05, 3.63) is 42.5 Å². The first-order chi connectivity index (χ1) is 10.6. The molecule has 1 aromatic carbocycles. The minimum atomic E-state index is -0.513. The zero-order chi connectivity index (χ0) is 15.9. The molecule has 0 aromatic heterocycles. The molecule has 0 bridgehead atoms. The second-order valence-corrected chi connectivity index (χ2v) is 4.82. The minimum Gasteiger partial charge on any atom is -0.466 e. The lowest BCUT2D eigenvalue weighted by Crippen LogP contribution is -2.45. The van der Waals surface area contributed by atoms with Gasteiger partial charge in [0.1, 0.15) is 6.04 Å². The monoisotopic (exact) mass is 302 g/mol. The maximum absolute atomic E-state index is 12.2. The average molecular weight is 302 g/mol. The highest BCUT2D eigenvalue weighted by molar-refractivity contribution is 6.03. The van der Waals surface area contributed by atoms with Crippen molar-refractivity contribution >= 4 is 23.5 Å². The predicted octanol–water partition coefficient (Wildman–Crippen LogP) is 1.03. The second-order valence-electron chi connectivity index (χ2n) is 4.82. The van der Waals surface area contributed by atoms with Crippen molar-refractivity contribution in [3.63, 3.8) is 0 Å². The first-order valence-electron chi connectivity index (χ1n) is 7.03. The van der Waals surface area contributed by atoms with Crippen molar-refractivity contribution < 1.29 is 19.1 Å². The molecule has 1 aromatic rings. The van der Waals surface area contributed by atoms with E-state index >= 15 is 0 Å². The average Bonchev–Trinajstić information content (AvgIpc) is 2.93. The SMILES string of the molecule is COC(=O)/C=C/CNC(=O)C1CCC(=O)N1c1ccccc1. The summed E-state index contributed by atoms with van der Waals surface area (Å²) in [5.74, 6) is -0.767. The molecule has 1 fully saturated rings. The summed E-state index contributed by atoms with van der Waals surface area (Å²) >= 11 is 0. The summed E-state index contributed by atoms with van der Waals surface area (Å²) < 4.78 is 4.45. The van der Waals surface area contributed by atoms with Gasteiger partial charge in [0.05, 0.1) is 7.11 Å². The first-order valence-corrected chi connectivity index (χ1v) is 7.03. The molecule has 116 valence electrons. The van der Waals surface area contributed by atoms with Gasteiger partial charge in [-0.3, -0.25) is 14.5 Å². The number of nitrogens with zero attached hydrogens (tertiary/aromatic N) is 1. The first kappa shape index (κ1) is 15.8. The van der Waals surface area contributed by atoms with E-state index in [-0.39, 0.29) is 18.4 Å². The van der Waals surface area contributed by atoms with Crippen LogP contribution in [0, 0.1) is 0 Å². The van der Waals surface area contributed by atoms with Crippen LogP contribution >= 0.6 is 0 Å². The molecular weight excluding hydrogens is 284 g/mol. The molecule has 1 aliphatic heterocycles. The molecule has 2 rings (SSSR count). The van der Waals surface area contributed by atoms with Crippen LogP contribution in [0.4, 0.5) is 5.69 Å². The Morgan fingerprint density at radius 2 is 2.09 bits per heavy atom. The molecule has 1 saturated heterocycles. The maximum Gasteiger partial charge on any atom is 0.330 e. The number of anilines is 1. The maximum atomic E-state index is 12.2. The molecule has 0 saturated carbocycles. The van der Waals surface area contributed by atoms with Crippen LogP contribution in [0.15, 0.2) is 42.5 Å². The molecule has 6 heteroatoms. The van der Waals surface area contributed by atoms with Crippen molar-refractivity contribution in [3.8, 4) is 0 Å². The van der Waals surface area contributed by atoms with Crippen LogP contribution in [0.25, 0.3) is 0 Å². The topological polar surface area (TPSA) is 75.7 Å². The number of nitrogens with one attached hydrogen (secondary N) is 1. The van der Waals surface area contributed by atoms with E-state index in [1.165, 1.54) is 24.2 Å². The van der Waals surface area contributed by atoms with Crippen LogP contribution in [0.2, 0.25) is 0 Å². The zero-order valence-corrected chi connectivity index (χ0v) is 12.3. The van der Waals surface area contributed by atoms with Crippen LogP contribution in [0.3, 0.4) is 0 Å². The van der Waals surface area contributed by atoms with E-state index in [0.717, 1.165) is 5.69 Å². The van der Waals surface area contributed by atoms with Gasteiger partial charge in [-0.1, -0.05) is 24.3 Å². The Morgan fingerprint density at radius 3 is 2.77 bits per heavy atom. The fraction of sp³-hybridized carbons (Fsp3) is 0.312. The highest BCUT2D eigenvalue weighted by Gasteiger charge is 2.36. The third-order valence-corrected chi connectivity index (χ3v) is 3.40. The molecule has 6 nitrogen and oxygen atoms in total. The summed E-state index contributed by atoms with van der Waals surface area (Å²) in [6, 6.07) is 8.61. The molecule has 1 atom stereocenters. The van der Waals surface area contributed by atoms with Gasteiger partial charge in [-0.2, -0.15) is 0 Å². The van der Waals surface area contributed by atoms with Crippen molar-refractivity contribution in [1.29, 1.82) is 0 Å². The number of hydrogen-bond donors (Lipinski definition) is 1. The Bertz CT molecular complexity index is 583. The molecular formula is C16H18N2O4. The fourth-order valence-electron chi connectivity index (χ4n) is 2.34. The van der Waals surface area contributed by atoms with Gasteiger partial charge < -0.3 is 10.1 Å². The summed E-state index contributed by atoms with van der Waals surface area (Å²) in [5, 5.41) is 2.70. The van der Waals surface area contributed by atoms with Crippen LogP contribution in [-0.2, 0) is 19.1 Å². The summed E-state index contributed by atoms with van der Waals surface area (Å²) in [4.78, 5) is 36.7. The Morgan fingerprint density at radius 1 is 1.36 bits per heavy atom. The van der Waals surface area contributed by atoms with E-state index < -0.39 is 12.0 Å². The lowest BCUT2D eigenvalue weighted by atomic mass is 10.2. The smallest absolute Gasteiger partial charge is 0.330 e. The normalized spacial score (nSPS) is 17.8. The van der Waals surface area contributed by atoms with Gasteiger partial charge in [-0.25, -0.2) is 4.79 Å². The van der Waals surface area contributed by atoms with Crippen molar-refractivity contribution in [1.82, 2.24) is 5.32 Å². The Hall–Kier alpha value is -2.63. The van der Waals surface area contributed by atoms with Crippen LogP contribution in [0.5, 0.6) is 0 Å². The molecule has 2 amide bonds. The van der Waals surface area contributed by atoms with E-state index in [4.69, 9.17) is 0 Å². The van der Waals surface area contributed by atoms with Gasteiger partial charge in [-0.15, -0.1) is 0 Å². The largest absolute Gasteiger partial charge is 0.466 e. The number of amides is 2. The summed E-state index contributed by atoms with van der Waals surface area (Å²) in [6.45, 7) is 0.210. The number of hydrogen-bond acceptors (Lipinski definition) is 4. The lowest BCUT2D eigenvalue weighted by Gasteiger charge is -2.23. The predicted molar refractivity (Wildman–Crippen MR) is 81.1 cm³/mol. The van der Waals surface area contributed by atoms with Crippen LogP contribution in [0.1, 0.15) is 12.8 Å². The number of carbonyl (C=O) groups excluding carboxylic acids is 3. The summed E-state index contributed by atoms with van der Waals surface area (Å²) in [7, 11) is 1.28. The molecule has 1 aliphatic rings. The third-order valence-electron chi connectivity index (χ3n) is 3.40. The molecule has 0 spiro atoms. The highest BCUT2D eigenvalue weighted by Crippen LogP contribution is 2.26. The number of carbonyl (C=O) groups is 3. The van der Waals surface area contributed by atoms with E-state index in [0.29, 0.717) is 12.8 Å². The minimum absolute atomic E-state index is 0.0588. The molecule has 1 heterocycles. The van der Waals surface area contributed by atoms with Gasteiger partial charge in [0, 0.05) is 24.7 Å². The van der Waals surface area contributed by atoms with Gasteiger partial charge >= 0.3 is 5.97 Å². The Kier molecular flexibility index (Phi) is 5.30. The van der Waals surface area contributed by atoms with Crippen LogP contribution in [-0.4, -0.2) is 37.5 Å². The fourth-order valence-corrected chi connectivity index (χ4v) is 2.34. The van der Waals surface area contributed by atoms with Crippen molar-refractivity contribution in [2.75, 3.05) is 18.6 Å². The van der Waals surface area contributed by atoms with Crippen LogP contribution < -0.4 is 10.2 Å². The van der Waals surface area contributed by atoms with E-state index in [9.17, 15) is 14.4 Å². The number of rotatable bonds is 5. The molecule has 1 N–H and O–H groups in total. The van der Waals surface area contributed by atoms with Gasteiger partial charge in [0.15, 0.2) is 0 Å². The van der Waals surface area contributed by atoms with E-state index in [1.54, 1.807) is 12.1 Å².